The highest BCUT2D eigenvalue weighted by atomic mass is 19.1. The van der Waals surface area contributed by atoms with Gasteiger partial charge in [0.25, 0.3) is 12.4 Å². The molecule has 0 aliphatic carbocycles. The van der Waals surface area contributed by atoms with E-state index in [9.17, 15) is 9.18 Å². The summed E-state index contributed by atoms with van der Waals surface area (Å²) in [6.07, 6.45) is 0.604. The second-order valence-electron chi connectivity index (χ2n) is 5.82. The number of carbonyl (C=O) groups excluding carboxylic acids is 1. The molecule has 0 saturated carbocycles. The minimum atomic E-state index is -0.403. The van der Waals surface area contributed by atoms with Crippen molar-refractivity contribution in [3.05, 3.63) is 60.0 Å². The van der Waals surface area contributed by atoms with Crippen LogP contribution in [0.4, 0.5) is 10.3 Å². The molecule has 9 heteroatoms. The number of hydrogen-bond acceptors (Lipinski definition) is 6. The maximum absolute atomic E-state index is 13.2. The minimum Gasteiger partial charge on any atom is -0.497 e. The average Bonchev–Trinajstić information content (AvgIpc) is 3.16. The Morgan fingerprint density at radius 1 is 1.23 bits per heavy atom. The maximum atomic E-state index is 13.2. The van der Waals surface area contributed by atoms with Crippen LogP contribution < -0.4 is 14.8 Å². The number of aromatic nitrogens is 1. The lowest BCUT2D eigenvalue weighted by molar-refractivity contribution is -0.123. The second kappa shape index (κ2) is 11.2. The zero-order valence-electron chi connectivity index (χ0n) is 16.4. The smallest absolute Gasteiger partial charge is 0.290 e. The van der Waals surface area contributed by atoms with Gasteiger partial charge in [-0.1, -0.05) is 30.3 Å². The van der Waals surface area contributed by atoms with Gasteiger partial charge in [0.05, 0.1) is 18.4 Å². The summed E-state index contributed by atoms with van der Waals surface area (Å²) >= 11 is 0. The number of ether oxygens (including phenoxy) is 2. The number of nitrogens with zero attached hydrogens (tertiary/aromatic N) is 1. The molecule has 0 unspecified atom stereocenters. The molecule has 0 aliphatic rings. The van der Waals surface area contributed by atoms with Gasteiger partial charge in [-0.05, 0) is 36.2 Å². The summed E-state index contributed by atoms with van der Waals surface area (Å²) in [5, 5.41) is 13.5. The minimum absolute atomic E-state index is 0.206. The molecule has 3 aromatic rings. The number of amides is 1. The predicted octanol–water partition coefficient (Wildman–Crippen LogP) is 3.77. The molecule has 0 spiro atoms. The van der Waals surface area contributed by atoms with Crippen molar-refractivity contribution in [3.8, 4) is 22.6 Å². The normalized spacial score (nSPS) is 9.83. The molecule has 0 saturated heterocycles. The first-order chi connectivity index (χ1) is 14.5. The molecular weight excluding hydrogens is 395 g/mol. The number of carboxylic acid groups (broad SMARTS) is 1. The molecule has 0 aliphatic heterocycles. The SMILES string of the molecule is CCc1noc(NC(=O)COc2cccc(OC)c2)c1-c1ccc(F)cc1.O=CO. The molecule has 30 heavy (non-hydrogen) atoms. The largest absolute Gasteiger partial charge is 0.497 e. The Bertz CT molecular complexity index is 972. The quantitative estimate of drug-likeness (QED) is 0.564. The Morgan fingerprint density at radius 3 is 2.53 bits per heavy atom. The van der Waals surface area contributed by atoms with E-state index in [4.69, 9.17) is 23.9 Å². The topological polar surface area (TPSA) is 111 Å². The lowest BCUT2D eigenvalue weighted by Gasteiger charge is -2.08. The molecule has 1 heterocycles. The highest BCUT2D eigenvalue weighted by Gasteiger charge is 2.19. The Balaban J connectivity index is 0.00000101. The third-order valence-electron chi connectivity index (χ3n) is 3.89. The molecule has 158 valence electrons. The zero-order valence-corrected chi connectivity index (χ0v) is 16.4. The summed E-state index contributed by atoms with van der Waals surface area (Å²) in [6.45, 7) is 1.46. The van der Waals surface area contributed by atoms with Gasteiger partial charge in [0.15, 0.2) is 6.61 Å². The summed E-state index contributed by atoms with van der Waals surface area (Å²) in [7, 11) is 1.55. The Labute approximate surface area is 172 Å². The van der Waals surface area contributed by atoms with Crippen molar-refractivity contribution in [1.29, 1.82) is 0 Å². The number of carbonyl (C=O) groups is 2. The predicted molar refractivity (Wildman–Crippen MR) is 107 cm³/mol. The standard InChI is InChI=1S/C20H19FN2O4.CH2O2/c1-3-17-19(13-7-9-14(21)10-8-13)20(27-23-17)22-18(24)12-26-16-6-4-5-15(11-16)25-2;2-1-3/h4-11H,3,12H2,1-2H3,(H,22,24);1H,(H,2,3). The molecule has 8 nitrogen and oxygen atoms in total. The molecule has 0 bridgehead atoms. The summed E-state index contributed by atoms with van der Waals surface area (Å²) in [5.74, 6) is 0.604. The van der Waals surface area contributed by atoms with Gasteiger partial charge in [-0.2, -0.15) is 0 Å². The lowest BCUT2D eigenvalue weighted by atomic mass is 10.0. The van der Waals surface area contributed by atoms with Crippen molar-refractivity contribution in [2.45, 2.75) is 13.3 Å². The van der Waals surface area contributed by atoms with Crippen LogP contribution in [0.25, 0.3) is 11.1 Å². The second-order valence-corrected chi connectivity index (χ2v) is 5.82. The van der Waals surface area contributed by atoms with E-state index in [-0.39, 0.29) is 24.8 Å². The van der Waals surface area contributed by atoms with Crippen LogP contribution in [0.15, 0.2) is 53.1 Å². The van der Waals surface area contributed by atoms with Gasteiger partial charge in [-0.15, -0.1) is 0 Å². The van der Waals surface area contributed by atoms with E-state index in [0.717, 1.165) is 0 Å². The van der Waals surface area contributed by atoms with E-state index < -0.39 is 5.91 Å². The monoisotopic (exact) mass is 416 g/mol. The van der Waals surface area contributed by atoms with E-state index >= 15 is 0 Å². The van der Waals surface area contributed by atoms with E-state index in [0.29, 0.717) is 34.7 Å². The van der Waals surface area contributed by atoms with E-state index in [1.807, 2.05) is 6.92 Å². The number of methoxy groups -OCH3 is 1. The molecular formula is C21H21FN2O6. The van der Waals surface area contributed by atoms with Gasteiger partial charge in [-0.3, -0.25) is 14.9 Å². The van der Waals surface area contributed by atoms with E-state index in [2.05, 4.69) is 10.5 Å². The van der Waals surface area contributed by atoms with Crippen molar-refractivity contribution < 1.29 is 33.1 Å². The molecule has 0 atom stereocenters. The Morgan fingerprint density at radius 2 is 1.90 bits per heavy atom. The number of benzene rings is 2. The number of nitrogens with one attached hydrogen (secondary N) is 1. The first kappa shape index (κ1) is 22.4. The van der Waals surface area contributed by atoms with Gasteiger partial charge in [0.1, 0.15) is 17.3 Å². The van der Waals surface area contributed by atoms with Gasteiger partial charge < -0.3 is 19.1 Å². The van der Waals surface area contributed by atoms with Gasteiger partial charge >= 0.3 is 0 Å². The molecule has 1 aromatic heterocycles. The fraction of sp³-hybridized carbons (Fsp3) is 0.190. The maximum Gasteiger partial charge on any atom is 0.290 e. The lowest BCUT2D eigenvalue weighted by Crippen LogP contribution is -2.20. The summed E-state index contributed by atoms with van der Waals surface area (Å²) in [5.41, 5.74) is 2.01. The molecule has 3 rings (SSSR count). The van der Waals surface area contributed by atoms with Crippen molar-refractivity contribution >= 4 is 18.3 Å². The van der Waals surface area contributed by atoms with Crippen molar-refractivity contribution in [2.75, 3.05) is 19.0 Å². The number of anilines is 1. The fourth-order valence-electron chi connectivity index (χ4n) is 2.57. The molecule has 2 N–H and O–H groups in total. The molecule has 0 radical (unpaired) electrons. The van der Waals surface area contributed by atoms with Crippen molar-refractivity contribution in [2.24, 2.45) is 0 Å². The van der Waals surface area contributed by atoms with Gasteiger partial charge in [0, 0.05) is 6.07 Å². The van der Waals surface area contributed by atoms with Gasteiger partial charge in [0.2, 0.25) is 5.88 Å². The van der Waals surface area contributed by atoms with Crippen LogP contribution in [-0.4, -0.2) is 36.4 Å². The fourth-order valence-corrected chi connectivity index (χ4v) is 2.57. The van der Waals surface area contributed by atoms with E-state index in [1.54, 1.807) is 43.5 Å². The first-order valence-corrected chi connectivity index (χ1v) is 8.91. The first-order valence-electron chi connectivity index (χ1n) is 8.91. The number of rotatable bonds is 7. The highest BCUT2D eigenvalue weighted by Crippen LogP contribution is 2.32. The number of hydrogen-bond donors (Lipinski definition) is 2. The highest BCUT2D eigenvalue weighted by molar-refractivity contribution is 5.94. The van der Waals surface area contributed by atoms with Crippen LogP contribution in [0.3, 0.4) is 0 Å². The zero-order chi connectivity index (χ0) is 21.9. The molecule has 1 amide bonds. The van der Waals surface area contributed by atoms with Crippen LogP contribution in [0.5, 0.6) is 11.5 Å². The van der Waals surface area contributed by atoms with Crippen molar-refractivity contribution in [1.82, 2.24) is 5.16 Å². The van der Waals surface area contributed by atoms with Crippen LogP contribution >= 0.6 is 0 Å². The number of halogens is 1. The van der Waals surface area contributed by atoms with Crippen LogP contribution in [0.1, 0.15) is 12.6 Å². The third kappa shape index (κ3) is 6.06. The van der Waals surface area contributed by atoms with Gasteiger partial charge in [-0.25, -0.2) is 4.39 Å². The summed E-state index contributed by atoms with van der Waals surface area (Å²) < 4.78 is 29.1. The molecule has 0 fully saturated rings. The van der Waals surface area contributed by atoms with Crippen LogP contribution in [0.2, 0.25) is 0 Å². The van der Waals surface area contributed by atoms with Crippen LogP contribution in [0, 0.1) is 5.82 Å². The average molecular weight is 416 g/mol. The van der Waals surface area contributed by atoms with E-state index in [1.165, 1.54) is 12.1 Å². The summed E-state index contributed by atoms with van der Waals surface area (Å²) in [6, 6.07) is 12.9. The van der Waals surface area contributed by atoms with Crippen LogP contribution in [-0.2, 0) is 16.0 Å². The van der Waals surface area contributed by atoms with Crippen molar-refractivity contribution in [3.63, 3.8) is 0 Å². The number of aryl methyl sites for hydroxylation is 1. The molecule has 2 aromatic carbocycles. The third-order valence-corrected chi connectivity index (χ3v) is 3.89. The Hall–Kier alpha value is -3.88. The summed E-state index contributed by atoms with van der Waals surface area (Å²) in [4.78, 5) is 20.6. The Kier molecular flexibility index (Phi) is 8.37.